The first-order valence-electron chi connectivity index (χ1n) is 15.7. The Kier molecular flexibility index (Phi) is 16.1. The average Bonchev–Trinajstić information content (AvgIpc) is 2.98. The van der Waals surface area contributed by atoms with Gasteiger partial charge in [-0.15, -0.1) is 0 Å². The number of aldehydes is 1. The van der Waals surface area contributed by atoms with Gasteiger partial charge in [0.05, 0.1) is 6.10 Å². The second-order valence-electron chi connectivity index (χ2n) is 12.0. The standard InChI is InChI=1S/C19H28O.C9H8O.C9H20/c1-14-6-8-18-12-16(7-9-17(18)10-14)11-15-4-3-5-19(13-15)20-2;1-2-8-3-5-9(7-10)6-4-8;1-4-6-7-8-9(3)5-2/h7,9,12,14-15,19H,3-6,8,10-11,13H2,1-2H3;2-7H,1H2;9H,4-8H2,1-3H3/t14-,15?,19?;;9-/m0.1/s1. The van der Waals surface area contributed by atoms with Gasteiger partial charge in [0.2, 0.25) is 0 Å². The molecule has 0 heterocycles. The highest BCUT2D eigenvalue weighted by atomic mass is 16.5. The summed E-state index contributed by atoms with van der Waals surface area (Å²) in [5.41, 5.74) is 6.52. The van der Waals surface area contributed by atoms with E-state index in [4.69, 9.17) is 4.74 Å². The maximum Gasteiger partial charge on any atom is 0.150 e. The van der Waals surface area contributed by atoms with Crippen molar-refractivity contribution in [1.29, 1.82) is 0 Å². The zero-order chi connectivity index (χ0) is 28.5. The van der Waals surface area contributed by atoms with E-state index in [0.29, 0.717) is 11.7 Å². The number of benzene rings is 2. The molecule has 0 aliphatic heterocycles. The zero-order valence-corrected chi connectivity index (χ0v) is 25.7. The van der Waals surface area contributed by atoms with Gasteiger partial charge < -0.3 is 4.74 Å². The van der Waals surface area contributed by atoms with E-state index in [2.05, 4.69) is 52.5 Å². The molecule has 2 aromatic rings. The van der Waals surface area contributed by atoms with Gasteiger partial charge in [-0.25, -0.2) is 0 Å². The molecule has 0 radical (unpaired) electrons. The van der Waals surface area contributed by atoms with Crippen molar-refractivity contribution >= 4 is 12.4 Å². The maximum atomic E-state index is 10.2. The minimum Gasteiger partial charge on any atom is -0.381 e. The molecular formula is C37H56O2. The Labute approximate surface area is 240 Å². The Morgan fingerprint density at radius 2 is 1.74 bits per heavy atom. The summed E-state index contributed by atoms with van der Waals surface area (Å²) in [6.45, 7) is 12.9. The molecule has 0 saturated heterocycles. The molecule has 39 heavy (non-hydrogen) atoms. The summed E-state index contributed by atoms with van der Waals surface area (Å²) in [6.07, 6.45) is 20.5. The number of carbonyl (C=O) groups is 1. The van der Waals surface area contributed by atoms with Crippen LogP contribution in [0.4, 0.5) is 0 Å². The summed E-state index contributed by atoms with van der Waals surface area (Å²) < 4.78 is 5.56. The summed E-state index contributed by atoms with van der Waals surface area (Å²) in [6, 6.07) is 14.5. The van der Waals surface area contributed by atoms with E-state index < -0.39 is 0 Å². The molecule has 0 N–H and O–H groups in total. The second-order valence-corrected chi connectivity index (χ2v) is 12.0. The minimum absolute atomic E-state index is 0.507. The van der Waals surface area contributed by atoms with Crippen LogP contribution in [-0.4, -0.2) is 19.5 Å². The smallest absolute Gasteiger partial charge is 0.150 e. The monoisotopic (exact) mass is 532 g/mol. The summed E-state index contributed by atoms with van der Waals surface area (Å²) in [5.74, 6) is 2.65. The molecule has 4 atom stereocenters. The highest BCUT2D eigenvalue weighted by Crippen LogP contribution is 2.31. The zero-order valence-electron chi connectivity index (χ0n) is 25.7. The van der Waals surface area contributed by atoms with Crippen molar-refractivity contribution < 1.29 is 9.53 Å². The van der Waals surface area contributed by atoms with Crippen molar-refractivity contribution in [2.45, 2.75) is 117 Å². The van der Waals surface area contributed by atoms with E-state index in [9.17, 15) is 4.79 Å². The molecule has 2 unspecified atom stereocenters. The fraction of sp³-hybridized carbons (Fsp3) is 0.595. The molecule has 2 heteroatoms. The number of hydrogen-bond acceptors (Lipinski definition) is 2. The van der Waals surface area contributed by atoms with E-state index in [0.717, 1.165) is 29.6 Å². The van der Waals surface area contributed by atoms with Crippen LogP contribution in [-0.2, 0) is 24.0 Å². The summed E-state index contributed by atoms with van der Waals surface area (Å²) >= 11 is 0. The van der Waals surface area contributed by atoms with Gasteiger partial charge in [-0.3, -0.25) is 4.79 Å². The third-order valence-corrected chi connectivity index (χ3v) is 8.64. The molecule has 0 spiro atoms. The van der Waals surface area contributed by atoms with Gasteiger partial charge in [0.1, 0.15) is 6.29 Å². The molecule has 0 bridgehead atoms. The Bertz CT molecular complexity index is 917. The number of unbranched alkanes of at least 4 members (excludes halogenated alkanes) is 2. The summed E-state index contributed by atoms with van der Waals surface area (Å²) in [4.78, 5) is 10.2. The van der Waals surface area contributed by atoms with Gasteiger partial charge in [0.25, 0.3) is 0 Å². The van der Waals surface area contributed by atoms with Crippen LogP contribution in [0.2, 0.25) is 0 Å². The SMILES string of the molecule is C=Cc1ccc(C=O)cc1.CCCCC[C@H](C)CC.COC1CCCC(Cc2ccc3c(c2)CC[C@H](C)C3)C1. The molecular weight excluding hydrogens is 476 g/mol. The lowest BCUT2D eigenvalue weighted by atomic mass is 9.80. The van der Waals surface area contributed by atoms with Crippen LogP contribution in [0.1, 0.15) is 125 Å². The first kappa shape index (κ1) is 33.0. The molecule has 2 aromatic carbocycles. The van der Waals surface area contributed by atoms with Gasteiger partial charge in [0, 0.05) is 12.7 Å². The molecule has 2 aliphatic rings. The molecule has 216 valence electrons. The minimum atomic E-state index is 0.507. The van der Waals surface area contributed by atoms with Gasteiger partial charge in [0.15, 0.2) is 0 Å². The third kappa shape index (κ3) is 12.7. The third-order valence-electron chi connectivity index (χ3n) is 8.64. The fourth-order valence-corrected chi connectivity index (χ4v) is 5.75. The highest BCUT2D eigenvalue weighted by molar-refractivity contribution is 5.75. The van der Waals surface area contributed by atoms with Crippen LogP contribution in [0, 0.1) is 17.8 Å². The highest BCUT2D eigenvalue weighted by Gasteiger charge is 2.22. The molecule has 1 saturated carbocycles. The predicted molar refractivity (Wildman–Crippen MR) is 170 cm³/mol. The van der Waals surface area contributed by atoms with E-state index in [1.54, 1.807) is 34.9 Å². The van der Waals surface area contributed by atoms with Crippen LogP contribution < -0.4 is 0 Å². The number of methoxy groups -OCH3 is 1. The number of carbonyl (C=O) groups excluding carboxylic acids is 1. The topological polar surface area (TPSA) is 26.3 Å². The number of hydrogen-bond donors (Lipinski definition) is 0. The molecule has 2 nitrogen and oxygen atoms in total. The van der Waals surface area contributed by atoms with Crippen LogP contribution in [0.5, 0.6) is 0 Å². The maximum absolute atomic E-state index is 10.2. The van der Waals surface area contributed by atoms with Crippen molar-refractivity contribution in [3.8, 4) is 0 Å². The summed E-state index contributed by atoms with van der Waals surface area (Å²) in [7, 11) is 1.87. The van der Waals surface area contributed by atoms with Crippen molar-refractivity contribution in [2.24, 2.45) is 17.8 Å². The molecule has 0 aromatic heterocycles. The number of aryl methyl sites for hydroxylation is 1. The van der Waals surface area contributed by atoms with Crippen molar-refractivity contribution in [2.75, 3.05) is 7.11 Å². The quantitative estimate of drug-likeness (QED) is 0.225. The van der Waals surface area contributed by atoms with Crippen molar-refractivity contribution in [1.82, 2.24) is 0 Å². The van der Waals surface area contributed by atoms with E-state index in [-0.39, 0.29) is 0 Å². The Hall–Kier alpha value is -2.19. The van der Waals surface area contributed by atoms with Gasteiger partial charge in [-0.05, 0) is 85.0 Å². The van der Waals surface area contributed by atoms with Crippen LogP contribution in [0.25, 0.3) is 6.08 Å². The Morgan fingerprint density at radius 1 is 1.00 bits per heavy atom. The number of rotatable bonds is 10. The molecule has 4 rings (SSSR count). The van der Waals surface area contributed by atoms with Crippen LogP contribution in [0.15, 0.2) is 49.0 Å². The average molecular weight is 533 g/mol. The first-order valence-corrected chi connectivity index (χ1v) is 15.7. The lowest BCUT2D eigenvalue weighted by molar-refractivity contribution is 0.0508. The summed E-state index contributed by atoms with van der Waals surface area (Å²) in [5, 5.41) is 0. The number of ether oxygens (including phenoxy) is 1. The van der Waals surface area contributed by atoms with Gasteiger partial charge >= 0.3 is 0 Å². The normalized spacial score (nSPS) is 20.8. The van der Waals surface area contributed by atoms with E-state index in [1.165, 1.54) is 83.5 Å². The largest absolute Gasteiger partial charge is 0.381 e. The molecule has 0 amide bonds. The van der Waals surface area contributed by atoms with Crippen LogP contribution >= 0.6 is 0 Å². The van der Waals surface area contributed by atoms with Gasteiger partial charge in [-0.2, -0.15) is 0 Å². The lowest BCUT2D eigenvalue weighted by Gasteiger charge is -2.29. The van der Waals surface area contributed by atoms with Crippen molar-refractivity contribution in [3.05, 3.63) is 76.9 Å². The Morgan fingerprint density at radius 3 is 2.38 bits per heavy atom. The lowest BCUT2D eigenvalue weighted by Crippen LogP contribution is -2.23. The van der Waals surface area contributed by atoms with E-state index >= 15 is 0 Å². The van der Waals surface area contributed by atoms with Crippen LogP contribution in [0.3, 0.4) is 0 Å². The Balaban J connectivity index is 0.000000236. The number of fused-ring (bicyclic) bond motifs is 1. The second kappa shape index (κ2) is 19.0. The van der Waals surface area contributed by atoms with Gasteiger partial charge in [-0.1, -0.05) is 121 Å². The predicted octanol–water partition coefficient (Wildman–Crippen LogP) is 10.3. The van der Waals surface area contributed by atoms with Crippen molar-refractivity contribution in [3.63, 3.8) is 0 Å². The fourth-order valence-electron chi connectivity index (χ4n) is 5.75. The first-order chi connectivity index (χ1) is 18.9. The molecule has 1 fully saturated rings. The van der Waals surface area contributed by atoms with E-state index in [1.807, 2.05) is 19.2 Å². The molecule has 2 aliphatic carbocycles.